The van der Waals surface area contributed by atoms with E-state index in [1.54, 1.807) is 0 Å². The minimum absolute atomic E-state index is 0.469. The van der Waals surface area contributed by atoms with Gasteiger partial charge in [0.2, 0.25) is 0 Å². The fourth-order valence-electron chi connectivity index (χ4n) is 1.14. The first-order valence-corrected chi connectivity index (χ1v) is 5.51. The number of rotatable bonds is 2. The Labute approximate surface area is 97.4 Å². The summed E-state index contributed by atoms with van der Waals surface area (Å²) in [6.45, 7) is 4.29. The van der Waals surface area contributed by atoms with Gasteiger partial charge in [-0.25, -0.2) is 0 Å². The van der Waals surface area contributed by atoms with Crippen molar-refractivity contribution in [3.63, 3.8) is 0 Å². The smallest absolute Gasteiger partial charge is 0.0774 e. The molecule has 0 aliphatic rings. The highest BCUT2D eigenvalue weighted by Gasteiger charge is 2.05. The van der Waals surface area contributed by atoms with Crippen molar-refractivity contribution in [2.24, 2.45) is 4.99 Å². The third kappa shape index (κ3) is 2.86. The van der Waals surface area contributed by atoms with Gasteiger partial charge in [-0.15, -0.1) is 0 Å². The zero-order chi connectivity index (χ0) is 9.84. The number of aliphatic imine (C=N–C) groups is 1. The molecule has 13 heavy (non-hydrogen) atoms. The van der Waals surface area contributed by atoms with Crippen molar-refractivity contribution in [2.45, 2.75) is 19.8 Å². The molecule has 0 heterocycles. The van der Waals surface area contributed by atoms with Gasteiger partial charge >= 0.3 is 0 Å². The van der Waals surface area contributed by atoms with Crippen molar-refractivity contribution in [3.05, 3.63) is 27.3 Å². The summed E-state index contributed by atoms with van der Waals surface area (Å²) >= 11 is 6.89. The van der Waals surface area contributed by atoms with Crippen LogP contribution in [-0.2, 0) is 0 Å². The molecule has 0 unspecified atom stereocenters. The molecule has 0 amide bonds. The Hall–Kier alpha value is -0.250. The molecule has 1 aromatic rings. The number of hydrogen-bond donors (Lipinski definition) is 0. The molecule has 0 atom stereocenters. The van der Waals surface area contributed by atoms with Crippen LogP contribution in [-0.4, -0.2) is 5.16 Å². The molecule has 1 nitrogen and oxygen atoms in total. The average Bonchev–Trinajstić information content (AvgIpc) is 2.08. The van der Waals surface area contributed by atoms with E-state index in [9.17, 15) is 0 Å². The molecule has 0 radical (unpaired) electrons. The highest BCUT2D eigenvalue weighted by molar-refractivity contribution is 14.1. The van der Waals surface area contributed by atoms with Gasteiger partial charge in [0.05, 0.1) is 10.8 Å². The van der Waals surface area contributed by atoms with Gasteiger partial charge in [-0.2, -0.15) is 4.99 Å². The Morgan fingerprint density at radius 1 is 1.46 bits per heavy atom. The maximum Gasteiger partial charge on any atom is 0.0774 e. The van der Waals surface area contributed by atoms with Gasteiger partial charge in [-0.1, -0.05) is 13.8 Å². The number of isothiocyanates is 1. The van der Waals surface area contributed by atoms with Crippen LogP contribution in [0.2, 0.25) is 0 Å². The van der Waals surface area contributed by atoms with Gasteiger partial charge in [0.15, 0.2) is 0 Å². The minimum atomic E-state index is 0.469. The molecule has 1 rings (SSSR count). The summed E-state index contributed by atoms with van der Waals surface area (Å²) in [5.41, 5.74) is 2.16. The predicted octanol–water partition coefficient (Wildman–Crippen LogP) is 4.15. The summed E-state index contributed by atoms with van der Waals surface area (Å²) in [4.78, 5) is 4.03. The van der Waals surface area contributed by atoms with Gasteiger partial charge < -0.3 is 0 Å². The maximum atomic E-state index is 4.59. The topological polar surface area (TPSA) is 12.4 Å². The molecular formula is C10H10INS. The molecule has 3 heteroatoms. The van der Waals surface area contributed by atoms with Gasteiger partial charge in [0.1, 0.15) is 0 Å². The second kappa shape index (κ2) is 4.84. The maximum absolute atomic E-state index is 4.59. The molecule has 0 N–H and O–H groups in total. The van der Waals surface area contributed by atoms with Gasteiger partial charge in [0, 0.05) is 3.57 Å². The van der Waals surface area contributed by atoms with Crippen LogP contribution in [0.1, 0.15) is 25.3 Å². The van der Waals surface area contributed by atoms with Crippen molar-refractivity contribution in [1.29, 1.82) is 0 Å². The number of halogens is 1. The van der Waals surface area contributed by atoms with Gasteiger partial charge in [-0.05, 0) is 64.5 Å². The summed E-state index contributed by atoms with van der Waals surface area (Å²) in [5, 5.41) is 2.40. The van der Waals surface area contributed by atoms with E-state index >= 15 is 0 Å². The zero-order valence-electron chi connectivity index (χ0n) is 7.54. The zero-order valence-corrected chi connectivity index (χ0v) is 10.5. The fraction of sp³-hybridized carbons (Fsp3) is 0.300. The lowest BCUT2D eigenvalue weighted by Crippen LogP contribution is -1.88. The second-order valence-electron chi connectivity index (χ2n) is 3.06. The Kier molecular flexibility index (Phi) is 4.03. The van der Waals surface area contributed by atoms with Crippen LogP contribution in [0.25, 0.3) is 0 Å². The van der Waals surface area contributed by atoms with Crippen LogP contribution >= 0.6 is 34.8 Å². The van der Waals surface area contributed by atoms with E-state index in [1.807, 2.05) is 12.1 Å². The predicted molar refractivity (Wildman–Crippen MR) is 67.9 cm³/mol. The highest BCUT2D eigenvalue weighted by Crippen LogP contribution is 2.27. The monoisotopic (exact) mass is 303 g/mol. The van der Waals surface area contributed by atoms with Crippen molar-refractivity contribution in [2.75, 3.05) is 0 Å². The molecule has 0 fully saturated rings. The van der Waals surface area contributed by atoms with E-state index in [0.29, 0.717) is 5.92 Å². The molecule has 0 spiro atoms. The summed E-state index contributed by atoms with van der Waals surface area (Å²) in [6.07, 6.45) is 0. The van der Waals surface area contributed by atoms with Crippen LogP contribution in [0.4, 0.5) is 5.69 Å². The molecule has 0 aromatic heterocycles. The lowest BCUT2D eigenvalue weighted by molar-refractivity contribution is 0.866. The summed E-state index contributed by atoms with van der Waals surface area (Å²) < 4.78 is 1.23. The van der Waals surface area contributed by atoms with Crippen molar-refractivity contribution < 1.29 is 0 Å². The fourth-order valence-corrected chi connectivity index (χ4v) is 1.75. The first kappa shape index (κ1) is 10.8. The van der Waals surface area contributed by atoms with Crippen LogP contribution in [0, 0.1) is 3.57 Å². The van der Waals surface area contributed by atoms with Crippen LogP contribution in [0.15, 0.2) is 23.2 Å². The first-order chi connectivity index (χ1) is 6.15. The first-order valence-electron chi connectivity index (χ1n) is 4.02. The molecule has 0 aliphatic carbocycles. The molecule has 0 saturated heterocycles. The minimum Gasteiger partial charge on any atom is -0.194 e. The van der Waals surface area contributed by atoms with Crippen LogP contribution in [0.3, 0.4) is 0 Å². The van der Waals surface area contributed by atoms with E-state index in [-0.39, 0.29) is 0 Å². The third-order valence-electron chi connectivity index (χ3n) is 1.78. The van der Waals surface area contributed by atoms with Crippen molar-refractivity contribution in [3.8, 4) is 0 Å². The number of benzene rings is 1. The lowest BCUT2D eigenvalue weighted by Gasteiger charge is -2.08. The molecule has 68 valence electrons. The Morgan fingerprint density at radius 2 is 2.15 bits per heavy atom. The molecule has 0 bridgehead atoms. The van der Waals surface area contributed by atoms with E-state index < -0.39 is 0 Å². The van der Waals surface area contributed by atoms with E-state index in [1.165, 1.54) is 9.13 Å². The number of nitrogens with zero attached hydrogens (tertiary/aromatic N) is 1. The van der Waals surface area contributed by atoms with Gasteiger partial charge in [0.25, 0.3) is 0 Å². The normalized spacial score (nSPS) is 9.85. The summed E-state index contributed by atoms with van der Waals surface area (Å²) in [7, 11) is 0. The molecular weight excluding hydrogens is 293 g/mol. The van der Waals surface area contributed by atoms with Crippen LogP contribution < -0.4 is 0 Å². The second-order valence-corrected chi connectivity index (χ2v) is 4.49. The summed E-state index contributed by atoms with van der Waals surface area (Å²) in [5.74, 6) is 0.469. The number of thiocarbonyl (C=S) groups is 1. The highest BCUT2D eigenvalue weighted by atomic mass is 127. The quantitative estimate of drug-likeness (QED) is 0.454. The van der Waals surface area contributed by atoms with Crippen LogP contribution in [0.5, 0.6) is 0 Å². The van der Waals surface area contributed by atoms with Crippen molar-refractivity contribution >= 4 is 45.7 Å². The summed E-state index contributed by atoms with van der Waals surface area (Å²) in [6, 6.07) is 6.14. The third-order valence-corrected chi connectivity index (χ3v) is 2.54. The number of hydrogen-bond acceptors (Lipinski definition) is 2. The Bertz CT molecular complexity index is 354. The average molecular weight is 303 g/mol. The van der Waals surface area contributed by atoms with Crippen molar-refractivity contribution in [1.82, 2.24) is 0 Å². The SMILES string of the molecule is CC(C)c1cc(I)ccc1N=C=S. The molecule has 1 aromatic carbocycles. The van der Waals surface area contributed by atoms with E-state index in [0.717, 1.165) is 5.69 Å². The largest absolute Gasteiger partial charge is 0.194 e. The molecule has 0 saturated carbocycles. The van der Waals surface area contributed by atoms with E-state index in [4.69, 9.17) is 0 Å². The Morgan fingerprint density at radius 3 is 2.69 bits per heavy atom. The standard InChI is InChI=1S/C10H10INS/c1-7(2)9-5-8(11)3-4-10(9)12-6-13/h3-5,7H,1-2H3. The molecule has 0 aliphatic heterocycles. The lowest BCUT2D eigenvalue weighted by atomic mass is 10.0. The van der Waals surface area contributed by atoms with Gasteiger partial charge in [-0.3, -0.25) is 0 Å². The van der Waals surface area contributed by atoms with E-state index in [2.05, 4.69) is 64.9 Å². The Balaban J connectivity index is 3.26.